The molecule has 0 atom stereocenters. The summed E-state index contributed by atoms with van der Waals surface area (Å²) in [5.74, 6) is -0.600. The maximum absolute atomic E-state index is 11.7. The molecule has 6 heteroatoms. The average Bonchev–Trinajstić information content (AvgIpc) is 2.81. The number of carboxylic acids is 1. The molecular weight excluding hydrogens is 388 g/mol. The summed E-state index contributed by atoms with van der Waals surface area (Å²) in [5.41, 5.74) is 7.22. The molecule has 0 saturated carbocycles. The molecule has 0 radical (unpaired) electrons. The number of hydrogen-bond acceptors (Lipinski definition) is 5. The van der Waals surface area contributed by atoms with E-state index in [2.05, 4.69) is 27.6 Å². The van der Waals surface area contributed by atoms with E-state index >= 15 is 0 Å². The van der Waals surface area contributed by atoms with Crippen LogP contribution >= 0.6 is 0 Å². The van der Waals surface area contributed by atoms with Gasteiger partial charge in [-0.05, 0) is 36.1 Å². The maximum atomic E-state index is 11.7. The predicted octanol–water partition coefficient (Wildman–Crippen LogP) is 4.51. The number of anilines is 1. The standard InChI is InChI=1S/C25H22N4O2/c30-25(31)23(17-19-11-5-2-6-12-19)28-29-24-22(16-15-18-9-3-1-4-10-18)26-20-13-7-8-14-21(20)27-24/h1-14H,15-17H2,(H,27,29)(H,30,31)/b28-23+. The van der Waals surface area contributed by atoms with Gasteiger partial charge in [-0.15, -0.1) is 0 Å². The molecule has 0 spiro atoms. The van der Waals surface area contributed by atoms with E-state index in [1.54, 1.807) is 0 Å². The number of aryl methyl sites for hydroxylation is 2. The molecule has 31 heavy (non-hydrogen) atoms. The number of nitrogens with zero attached hydrogens (tertiary/aromatic N) is 3. The Bertz CT molecular complexity index is 1210. The molecule has 6 nitrogen and oxygen atoms in total. The van der Waals surface area contributed by atoms with Gasteiger partial charge in [0.15, 0.2) is 5.82 Å². The maximum Gasteiger partial charge on any atom is 0.352 e. The number of nitrogens with one attached hydrogen (secondary N) is 1. The zero-order valence-corrected chi connectivity index (χ0v) is 16.9. The van der Waals surface area contributed by atoms with Gasteiger partial charge in [-0.3, -0.25) is 5.43 Å². The molecule has 0 unspecified atom stereocenters. The Morgan fingerprint density at radius 2 is 1.35 bits per heavy atom. The molecule has 4 rings (SSSR count). The second kappa shape index (κ2) is 9.63. The van der Waals surface area contributed by atoms with Crippen LogP contribution in [0.2, 0.25) is 0 Å². The summed E-state index contributed by atoms with van der Waals surface area (Å²) < 4.78 is 0. The van der Waals surface area contributed by atoms with Gasteiger partial charge in [0, 0.05) is 6.42 Å². The van der Waals surface area contributed by atoms with Crippen molar-refractivity contribution in [2.75, 3.05) is 5.43 Å². The van der Waals surface area contributed by atoms with Gasteiger partial charge in [0.05, 0.1) is 16.7 Å². The number of aliphatic carboxylic acids is 1. The first kappa shape index (κ1) is 20.2. The van der Waals surface area contributed by atoms with Crippen molar-refractivity contribution >= 4 is 28.5 Å². The molecule has 0 fully saturated rings. The second-order valence-corrected chi connectivity index (χ2v) is 7.13. The fourth-order valence-electron chi connectivity index (χ4n) is 3.28. The summed E-state index contributed by atoms with van der Waals surface area (Å²) in [6, 6.07) is 27.1. The Kier molecular flexibility index (Phi) is 6.28. The quantitative estimate of drug-likeness (QED) is 0.330. The summed E-state index contributed by atoms with van der Waals surface area (Å²) in [6.07, 6.45) is 1.66. The normalized spacial score (nSPS) is 11.4. The van der Waals surface area contributed by atoms with Crippen molar-refractivity contribution in [3.05, 3.63) is 102 Å². The van der Waals surface area contributed by atoms with E-state index in [1.165, 1.54) is 5.56 Å². The Balaban J connectivity index is 1.62. The van der Waals surface area contributed by atoms with Crippen LogP contribution in [-0.4, -0.2) is 26.8 Å². The first-order valence-corrected chi connectivity index (χ1v) is 10.1. The number of hydrogen-bond donors (Lipinski definition) is 2. The Morgan fingerprint density at radius 3 is 2.00 bits per heavy atom. The first-order valence-electron chi connectivity index (χ1n) is 10.1. The third kappa shape index (κ3) is 5.30. The van der Waals surface area contributed by atoms with Crippen molar-refractivity contribution in [1.29, 1.82) is 0 Å². The van der Waals surface area contributed by atoms with Crippen LogP contribution in [0.15, 0.2) is 90.0 Å². The molecule has 0 aliphatic heterocycles. The van der Waals surface area contributed by atoms with Crippen molar-refractivity contribution in [1.82, 2.24) is 9.97 Å². The van der Waals surface area contributed by atoms with Gasteiger partial charge in [-0.25, -0.2) is 14.8 Å². The van der Waals surface area contributed by atoms with Crippen molar-refractivity contribution in [2.24, 2.45) is 5.10 Å². The Hall–Kier alpha value is -4.06. The van der Waals surface area contributed by atoms with E-state index in [0.29, 0.717) is 12.2 Å². The number of carboxylic acid groups (broad SMARTS) is 1. The van der Waals surface area contributed by atoms with E-state index in [4.69, 9.17) is 4.98 Å². The fourth-order valence-corrected chi connectivity index (χ4v) is 3.28. The largest absolute Gasteiger partial charge is 0.477 e. The minimum atomic E-state index is -1.07. The van der Waals surface area contributed by atoms with Crippen molar-refractivity contribution in [3.8, 4) is 0 Å². The van der Waals surface area contributed by atoms with Gasteiger partial charge in [-0.2, -0.15) is 5.10 Å². The Morgan fingerprint density at radius 1 is 0.774 bits per heavy atom. The summed E-state index contributed by atoms with van der Waals surface area (Å²) >= 11 is 0. The summed E-state index contributed by atoms with van der Waals surface area (Å²) in [7, 11) is 0. The molecule has 1 aromatic heterocycles. The number of aromatic nitrogens is 2. The minimum absolute atomic E-state index is 0.00941. The molecule has 0 aliphatic carbocycles. The number of carbonyl (C=O) groups is 1. The number of fused-ring (bicyclic) bond motifs is 1. The van der Waals surface area contributed by atoms with Crippen LogP contribution < -0.4 is 5.43 Å². The molecule has 4 aromatic rings. The smallest absolute Gasteiger partial charge is 0.352 e. The zero-order chi connectivity index (χ0) is 21.5. The van der Waals surface area contributed by atoms with E-state index in [1.807, 2.05) is 72.8 Å². The third-order valence-electron chi connectivity index (χ3n) is 4.89. The molecule has 154 valence electrons. The third-order valence-corrected chi connectivity index (χ3v) is 4.89. The molecular formula is C25H22N4O2. The SMILES string of the molecule is O=C(O)/C(Cc1ccccc1)=N/Nc1nc2ccccc2nc1CCc1ccccc1. The molecule has 0 saturated heterocycles. The van der Waals surface area contributed by atoms with Crippen LogP contribution in [0.4, 0.5) is 5.82 Å². The highest BCUT2D eigenvalue weighted by Crippen LogP contribution is 2.19. The van der Waals surface area contributed by atoms with E-state index < -0.39 is 5.97 Å². The van der Waals surface area contributed by atoms with Gasteiger partial charge in [-0.1, -0.05) is 72.8 Å². The Labute approximate surface area is 180 Å². The van der Waals surface area contributed by atoms with Crippen LogP contribution in [0.1, 0.15) is 16.8 Å². The summed E-state index contributed by atoms with van der Waals surface area (Å²) in [5, 5.41) is 13.8. The van der Waals surface area contributed by atoms with Crippen LogP contribution in [0, 0.1) is 0 Å². The van der Waals surface area contributed by atoms with Crippen LogP contribution in [0.5, 0.6) is 0 Å². The van der Waals surface area contributed by atoms with Crippen molar-refractivity contribution < 1.29 is 9.90 Å². The van der Waals surface area contributed by atoms with Gasteiger partial charge in [0.2, 0.25) is 0 Å². The highest BCUT2D eigenvalue weighted by molar-refractivity contribution is 6.36. The first-order chi connectivity index (χ1) is 15.2. The van der Waals surface area contributed by atoms with Crippen LogP contribution in [-0.2, 0) is 24.1 Å². The van der Waals surface area contributed by atoms with Crippen molar-refractivity contribution in [3.63, 3.8) is 0 Å². The fraction of sp³-hybridized carbons (Fsp3) is 0.120. The monoisotopic (exact) mass is 410 g/mol. The van der Waals surface area contributed by atoms with Gasteiger partial charge < -0.3 is 5.11 Å². The molecule has 0 aliphatic rings. The van der Waals surface area contributed by atoms with Crippen molar-refractivity contribution in [2.45, 2.75) is 19.3 Å². The van der Waals surface area contributed by atoms with E-state index in [-0.39, 0.29) is 12.1 Å². The highest BCUT2D eigenvalue weighted by atomic mass is 16.4. The lowest BCUT2D eigenvalue weighted by Gasteiger charge is -2.10. The number of benzene rings is 3. The van der Waals surface area contributed by atoms with Gasteiger partial charge >= 0.3 is 5.97 Å². The molecule has 0 bridgehead atoms. The predicted molar refractivity (Wildman–Crippen MR) is 122 cm³/mol. The second-order valence-electron chi connectivity index (χ2n) is 7.13. The lowest BCUT2D eigenvalue weighted by atomic mass is 10.1. The zero-order valence-electron chi connectivity index (χ0n) is 16.9. The number of para-hydroxylation sites is 2. The van der Waals surface area contributed by atoms with Gasteiger partial charge in [0.25, 0.3) is 0 Å². The van der Waals surface area contributed by atoms with E-state index in [9.17, 15) is 9.90 Å². The topological polar surface area (TPSA) is 87.5 Å². The highest BCUT2D eigenvalue weighted by Gasteiger charge is 2.13. The number of rotatable bonds is 8. The minimum Gasteiger partial charge on any atom is -0.477 e. The summed E-state index contributed by atoms with van der Waals surface area (Å²) in [6.45, 7) is 0. The van der Waals surface area contributed by atoms with Crippen LogP contribution in [0.3, 0.4) is 0 Å². The lowest BCUT2D eigenvalue weighted by Crippen LogP contribution is -2.18. The average molecular weight is 410 g/mol. The molecule has 0 amide bonds. The van der Waals surface area contributed by atoms with Gasteiger partial charge in [0.1, 0.15) is 5.71 Å². The molecule has 1 heterocycles. The van der Waals surface area contributed by atoms with E-state index in [0.717, 1.165) is 28.7 Å². The number of hydrazone groups is 1. The summed E-state index contributed by atoms with van der Waals surface area (Å²) in [4.78, 5) is 21.1. The van der Waals surface area contributed by atoms with Crippen LogP contribution in [0.25, 0.3) is 11.0 Å². The molecule has 2 N–H and O–H groups in total. The lowest BCUT2D eigenvalue weighted by molar-refractivity contribution is -0.129. The molecule has 3 aromatic carbocycles.